The Bertz CT molecular complexity index is 735. The number of amides is 1. The van der Waals surface area contributed by atoms with Crippen LogP contribution >= 0.6 is 0 Å². The molecule has 1 amide bonds. The lowest BCUT2D eigenvalue weighted by Gasteiger charge is -2.32. The van der Waals surface area contributed by atoms with Gasteiger partial charge in [0.1, 0.15) is 5.69 Å². The molecule has 2 aromatic rings. The predicted molar refractivity (Wildman–Crippen MR) is 93.9 cm³/mol. The van der Waals surface area contributed by atoms with E-state index in [-0.39, 0.29) is 11.8 Å². The number of benzene rings is 1. The van der Waals surface area contributed by atoms with Crippen molar-refractivity contribution < 1.29 is 14.3 Å². The third-order valence-electron chi connectivity index (χ3n) is 4.43. The Morgan fingerprint density at radius 3 is 2.76 bits per heavy atom. The van der Waals surface area contributed by atoms with Crippen LogP contribution in [0.1, 0.15) is 37.8 Å². The Kier molecular flexibility index (Phi) is 5.48. The van der Waals surface area contributed by atoms with Crippen molar-refractivity contribution in [3.05, 3.63) is 42.4 Å². The molecule has 132 valence electrons. The summed E-state index contributed by atoms with van der Waals surface area (Å²) in [7, 11) is 1.61. The summed E-state index contributed by atoms with van der Waals surface area (Å²) in [6, 6.07) is 7.45. The number of piperidine rings is 1. The first-order valence-corrected chi connectivity index (χ1v) is 8.62. The number of hydrogen-bond acceptors (Lipinski definition) is 5. The highest BCUT2D eigenvalue weighted by atomic mass is 16.5. The first-order chi connectivity index (χ1) is 12.2. The molecule has 1 atom stereocenters. The number of likely N-dealkylation sites (tertiary alicyclic amines) is 1. The molecular weight excluding hydrogens is 318 g/mol. The lowest BCUT2D eigenvalue weighted by Crippen LogP contribution is -2.39. The number of carbonyl (C=O) groups is 1. The molecule has 1 saturated heterocycles. The second-order valence-corrected chi connectivity index (χ2v) is 6.03. The van der Waals surface area contributed by atoms with Gasteiger partial charge in [-0.3, -0.25) is 9.78 Å². The maximum absolute atomic E-state index is 12.0. The van der Waals surface area contributed by atoms with E-state index < -0.39 is 0 Å². The third-order valence-corrected chi connectivity index (χ3v) is 4.43. The summed E-state index contributed by atoms with van der Waals surface area (Å²) in [6.45, 7) is 3.37. The SMILES string of the molecule is CCC(=O)N1CCCC(c2nccnc2Oc2ccccc2OC)C1. The van der Waals surface area contributed by atoms with Crippen LogP contribution in [0.25, 0.3) is 0 Å². The van der Waals surface area contributed by atoms with Gasteiger partial charge in [0, 0.05) is 37.8 Å². The van der Waals surface area contributed by atoms with Crippen molar-refractivity contribution in [1.82, 2.24) is 14.9 Å². The molecule has 0 spiro atoms. The molecule has 2 heterocycles. The van der Waals surface area contributed by atoms with Crippen LogP contribution in [0.4, 0.5) is 0 Å². The second-order valence-electron chi connectivity index (χ2n) is 6.03. The van der Waals surface area contributed by atoms with Gasteiger partial charge in [-0.05, 0) is 25.0 Å². The molecule has 3 rings (SSSR count). The van der Waals surface area contributed by atoms with Gasteiger partial charge in [0.05, 0.1) is 7.11 Å². The number of ether oxygens (including phenoxy) is 2. The van der Waals surface area contributed by atoms with Crippen molar-refractivity contribution in [3.8, 4) is 17.4 Å². The number of methoxy groups -OCH3 is 1. The van der Waals surface area contributed by atoms with Crippen LogP contribution in [0.2, 0.25) is 0 Å². The van der Waals surface area contributed by atoms with Gasteiger partial charge in [0.15, 0.2) is 11.5 Å². The zero-order valence-corrected chi connectivity index (χ0v) is 14.6. The number of aromatic nitrogens is 2. The summed E-state index contributed by atoms with van der Waals surface area (Å²) in [4.78, 5) is 22.8. The quantitative estimate of drug-likeness (QED) is 0.834. The summed E-state index contributed by atoms with van der Waals surface area (Å²) >= 11 is 0. The molecule has 6 heteroatoms. The van der Waals surface area contributed by atoms with Crippen molar-refractivity contribution in [3.63, 3.8) is 0 Å². The topological polar surface area (TPSA) is 64.6 Å². The molecule has 1 aromatic carbocycles. The number of carbonyl (C=O) groups excluding carboxylic acids is 1. The van der Waals surface area contributed by atoms with Crippen molar-refractivity contribution in [2.45, 2.75) is 32.1 Å². The number of nitrogens with zero attached hydrogens (tertiary/aromatic N) is 3. The molecule has 1 aromatic heterocycles. The van der Waals surface area contributed by atoms with Gasteiger partial charge >= 0.3 is 0 Å². The van der Waals surface area contributed by atoms with Gasteiger partial charge in [-0.25, -0.2) is 4.98 Å². The smallest absolute Gasteiger partial charge is 0.241 e. The summed E-state index contributed by atoms with van der Waals surface area (Å²) in [5, 5.41) is 0. The summed E-state index contributed by atoms with van der Waals surface area (Å²) in [5.41, 5.74) is 0.794. The van der Waals surface area contributed by atoms with Crippen molar-refractivity contribution in [1.29, 1.82) is 0 Å². The van der Waals surface area contributed by atoms with Crippen molar-refractivity contribution >= 4 is 5.91 Å². The largest absolute Gasteiger partial charge is 0.493 e. The van der Waals surface area contributed by atoms with E-state index in [2.05, 4.69) is 9.97 Å². The summed E-state index contributed by atoms with van der Waals surface area (Å²) in [5.74, 6) is 2.03. The van der Waals surface area contributed by atoms with Gasteiger partial charge in [-0.2, -0.15) is 0 Å². The Balaban J connectivity index is 1.84. The fraction of sp³-hybridized carbons (Fsp3) is 0.421. The van der Waals surface area contributed by atoms with E-state index in [9.17, 15) is 4.79 Å². The second kappa shape index (κ2) is 7.96. The van der Waals surface area contributed by atoms with Crippen LogP contribution in [-0.4, -0.2) is 41.0 Å². The monoisotopic (exact) mass is 341 g/mol. The minimum atomic E-state index is 0.127. The maximum Gasteiger partial charge on any atom is 0.241 e. The van der Waals surface area contributed by atoms with Gasteiger partial charge in [0.25, 0.3) is 0 Å². The van der Waals surface area contributed by atoms with Gasteiger partial charge in [-0.15, -0.1) is 0 Å². The van der Waals surface area contributed by atoms with E-state index in [0.29, 0.717) is 30.3 Å². The first kappa shape index (κ1) is 17.2. The zero-order valence-electron chi connectivity index (χ0n) is 14.6. The predicted octanol–water partition coefficient (Wildman–Crippen LogP) is 3.39. The molecule has 6 nitrogen and oxygen atoms in total. The third kappa shape index (κ3) is 3.90. The summed E-state index contributed by atoms with van der Waals surface area (Å²) in [6.07, 6.45) is 5.74. The fourth-order valence-corrected chi connectivity index (χ4v) is 3.15. The van der Waals surface area contributed by atoms with Gasteiger partial charge in [0.2, 0.25) is 11.8 Å². The van der Waals surface area contributed by atoms with Gasteiger partial charge in [-0.1, -0.05) is 19.1 Å². The highest BCUT2D eigenvalue weighted by Crippen LogP contribution is 2.35. The first-order valence-electron chi connectivity index (χ1n) is 8.62. The average molecular weight is 341 g/mol. The Hall–Kier alpha value is -2.63. The maximum atomic E-state index is 12.0. The van der Waals surface area contributed by atoms with E-state index in [1.54, 1.807) is 19.5 Å². The summed E-state index contributed by atoms with van der Waals surface area (Å²) < 4.78 is 11.3. The Morgan fingerprint density at radius 1 is 1.24 bits per heavy atom. The molecule has 1 fully saturated rings. The van der Waals surface area contributed by atoms with Crippen LogP contribution in [0, 0.1) is 0 Å². The molecule has 0 N–H and O–H groups in total. The Morgan fingerprint density at radius 2 is 2.00 bits per heavy atom. The standard InChI is InChI=1S/C19H23N3O3/c1-3-17(23)22-12-6-7-14(13-22)18-19(21-11-10-20-18)25-16-9-5-4-8-15(16)24-2/h4-5,8-11,14H,3,6-7,12-13H2,1-2H3. The number of hydrogen-bond donors (Lipinski definition) is 0. The molecule has 1 aliphatic heterocycles. The van der Waals surface area contributed by atoms with Crippen molar-refractivity contribution in [2.75, 3.05) is 20.2 Å². The fourth-order valence-electron chi connectivity index (χ4n) is 3.15. The lowest BCUT2D eigenvalue weighted by atomic mass is 9.94. The van der Waals surface area contributed by atoms with Crippen LogP contribution in [0.3, 0.4) is 0 Å². The molecule has 0 radical (unpaired) electrons. The number of rotatable bonds is 5. The van der Waals surface area contributed by atoms with Crippen molar-refractivity contribution in [2.24, 2.45) is 0 Å². The van der Waals surface area contributed by atoms with E-state index in [0.717, 1.165) is 25.1 Å². The molecule has 0 saturated carbocycles. The van der Waals surface area contributed by atoms with Gasteiger partial charge < -0.3 is 14.4 Å². The van der Waals surface area contributed by atoms with E-state index >= 15 is 0 Å². The zero-order chi connectivity index (χ0) is 17.6. The minimum Gasteiger partial charge on any atom is -0.493 e. The van der Waals surface area contributed by atoms with Crippen LogP contribution in [0.5, 0.6) is 17.4 Å². The Labute approximate surface area is 147 Å². The van der Waals surface area contributed by atoms with Crippen LogP contribution in [0.15, 0.2) is 36.7 Å². The normalized spacial score (nSPS) is 17.2. The molecule has 0 bridgehead atoms. The molecule has 1 unspecified atom stereocenters. The van der Waals surface area contributed by atoms with E-state index in [1.165, 1.54) is 0 Å². The molecule has 0 aliphatic carbocycles. The van der Waals surface area contributed by atoms with E-state index in [4.69, 9.17) is 9.47 Å². The van der Waals surface area contributed by atoms with E-state index in [1.807, 2.05) is 36.1 Å². The van der Waals surface area contributed by atoms with Crippen LogP contribution < -0.4 is 9.47 Å². The highest BCUT2D eigenvalue weighted by molar-refractivity contribution is 5.76. The highest BCUT2D eigenvalue weighted by Gasteiger charge is 2.28. The molecular formula is C19H23N3O3. The molecule has 1 aliphatic rings. The van der Waals surface area contributed by atoms with Crippen LogP contribution in [-0.2, 0) is 4.79 Å². The minimum absolute atomic E-state index is 0.127. The molecule has 25 heavy (non-hydrogen) atoms. The lowest BCUT2D eigenvalue weighted by molar-refractivity contribution is -0.132. The average Bonchev–Trinajstić information content (AvgIpc) is 2.68. The number of para-hydroxylation sites is 2.